The van der Waals surface area contributed by atoms with Crippen LogP contribution in [0.15, 0.2) is 73.1 Å². The highest BCUT2D eigenvalue weighted by Gasteiger charge is 2.24. The Morgan fingerprint density at radius 1 is 0.939 bits per heavy atom. The van der Waals surface area contributed by atoms with E-state index in [1.54, 1.807) is 42.5 Å². The average molecular weight is 443 g/mol. The lowest BCUT2D eigenvalue weighted by molar-refractivity contribution is 0.0987. The van der Waals surface area contributed by atoms with Crippen LogP contribution in [0, 0.1) is 11.6 Å². The Morgan fingerprint density at radius 3 is 2.45 bits per heavy atom. The van der Waals surface area contributed by atoms with Crippen LogP contribution in [0.1, 0.15) is 47.8 Å². The Balaban J connectivity index is 1.55. The second kappa shape index (κ2) is 9.06. The summed E-state index contributed by atoms with van der Waals surface area (Å²) >= 11 is 0. The molecule has 166 valence electrons. The number of hydrogen-bond donors (Lipinski definition) is 0. The molecule has 2 aromatic carbocycles. The maximum absolute atomic E-state index is 14.1. The maximum atomic E-state index is 14.1. The highest BCUT2D eigenvalue weighted by Crippen LogP contribution is 2.37. The molecule has 0 unspecified atom stereocenters. The molecular formula is C27H23F2N3O. The van der Waals surface area contributed by atoms with E-state index in [1.165, 1.54) is 18.2 Å². The van der Waals surface area contributed by atoms with Crippen LogP contribution in [-0.4, -0.2) is 20.3 Å². The van der Waals surface area contributed by atoms with Gasteiger partial charge in [-0.3, -0.25) is 4.79 Å². The molecule has 1 saturated carbocycles. The van der Waals surface area contributed by atoms with E-state index in [2.05, 4.69) is 14.5 Å². The summed E-state index contributed by atoms with van der Waals surface area (Å²) in [6.45, 7) is 0. The topological polar surface area (TPSA) is 47.8 Å². The van der Waals surface area contributed by atoms with Gasteiger partial charge >= 0.3 is 0 Å². The van der Waals surface area contributed by atoms with Gasteiger partial charge in [0, 0.05) is 18.0 Å². The predicted octanol–water partition coefficient (Wildman–Crippen LogP) is 6.43. The first-order valence-corrected chi connectivity index (χ1v) is 11.2. The monoisotopic (exact) mass is 443 g/mol. The Kier molecular flexibility index (Phi) is 5.82. The molecule has 1 aliphatic carbocycles. The number of halogens is 2. The van der Waals surface area contributed by atoms with Crippen molar-refractivity contribution in [1.82, 2.24) is 14.5 Å². The highest BCUT2D eigenvalue weighted by molar-refractivity contribution is 5.96. The third-order valence-corrected chi connectivity index (χ3v) is 6.22. The number of ketones is 1. The minimum atomic E-state index is -0.403. The highest BCUT2D eigenvalue weighted by atomic mass is 19.1. The van der Waals surface area contributed by atoms with Crippen LogP contribution in [0.25, 0.3) is 22.6 Å². The van der Waals surface area contributed by atoms with Crippen LogP contribution in [0.5, 0.6) is 0 Å². The lowest BCUT2D eigenvalue weighted by Gasteiger charge is -2.16. The number of imidazole rings is 1. The van der Waals surface area contributed by atoms with Crippen molar-refractivity contribution in [2.24, 2.45) is 0 Å². The standard InChI is InChI=1S/C27H23F2N3O/c28-20-14-12-18(13-15-20)26-27(32(17-30-26)21-7-2-3-8-21)24-11-5-10-23(31-24)25(33)16-19-6-1-4-9-22(19)29/h1,4-6,9-15,17,21H,2-3,7-8,16H2. The summed E-state index contributed by atoms with van der Waals surface area (Å²) in [4.78, 5) is 22.3. The molecule has 0 N–H and O–H groups in total. The molecule has 0 atom stereocenters. The van der Waals surface area contributed by atoms with Crippen molar-refractivity contribution < 1.29 is 13.6 Å². The molecule has 0 amide bonds. The summed E-state index contributed by atoms with van der Waals surface area (Å²) in [5.41, 5.74) is 3.55. The van der Waals surface area contributed by atoms with Crippen molar-refractivity contribution in [3.05, 3.63) is 95.9 Å². The molecule has 5 rings (SSSR count). The first-order valence-electron chi connectivity index (χ1n) is 11.2. The fourth-order valence-electron chi connectivity index (χ4n) is 4.52. The smallest absolute Gasteiger partial charge is 0.185 e. The van der Waals surface area contributed by atoms with Gasteiger partial charge in [-0.2, -0.15) is 0 Å². The third-order valence-electron chi connectivity index (χ3n) is 6.22. The van der Waals surface area contributed by atoms with Gasteiger partial charge in [-0.05, 0) is 60.9 Å². The molecule has 4 nitrogen and oxygen atoms in total. The summed E-state index contributed by atoms with van der Waals surface area (Å²) in [7, 11) is 0. The fourth-order valence-corrected chi connectivity index (χ4v) is 4.52. The van der Waals surface area contributed by atoms with E-state index in [0.29, 0.717) is 23.0 Å². The van der Waals surface area contributed by atoms with Crippen molar-refractivity contribution in [3.63, 3.8) is 0 Å². The number of carbonyl (C=O) groups excluding carboxylic acids is 1. The number of carbonyl (C=O) groups is 1. The zero-order valence-corrected chi connectivity index (χ0v) is 18.0. The molecule has 0 radical (unpaired) electrons. The van der Waals surface area contributed by atoms with Crippen molar-refractivity contribution in [1.29, 1.82) is 0 Å². The van der Waals surface area contributed by atoms with Gasteiger partial charge < -0.3 is 4.57 Å². The van der Waals surface area contributed by atoms with Crippen molar-refractivity contribution in [3.8, 4) is 22.6 Å². The maximum Gasteiger partial charge on any atom is 0.185 e. The van der Waals surface area contributed by atoms with Crippen LogP contribution in [0.4, 0.5) is 8.78 Å². The SMILES string of the molecule is O=C(Cc1ccccc1F)c1cccc(-c2c(-c3ccc(F)cc3)ncn2C2CCCC2)n1. The minimum absolute atomic E-state index is 0.0597. The molecule has 6 heteroatoms. The van der Waals surface area contributed by atoms with Crippen LogP contribution in [-0.2, 0) is 6.42 Å². The Labute approximate surface area is 191 Å². The molecule has 0 aliphatic heterocycles. The van der Waals surface area contributed by atoms with E-state index in [9.17, 15) is 13.6 Å². The quantitative estimate of drug-likeness (QED) is 0.323. The van der Waals surface area contributed by atoms with Gasteiger partial charge in [0.2, 0.25) is 0 Å². The van der Waals surface area contributed by atoms with Gasteiger partial charge in [-0.15, -0.1) is 0 Å². The number of nitrogens with zero attached hydrogens (tertiary/aromatic N) is 3. The summed E-state index contributed by atoms with van der Waals surface area (Å²) in [5, 5.41) is 0. The number of hydrogen-bond acceptors (Lipinski definition) is 3. The fraction of sp³-hybridized carbons (Fsp3) is 0.222. The number of rotatable bonds is 6. The normalized spacial score (nSPS) is 14.0. The molecule has 2 aromatic heterocycles. The molecule has 2 heterocycles. The van der Waals surface area contributed by atoms with Gasteiger partial charge in [0.25, 0.3) is 0 Å². The van der Waals surface area contributed by atoms with Crippen LogP contribution in [0.3, 0.4) is 0 Å². The summed E-state index contributed by atoms with van der Waals surface area (Å²) in [6, 6.07) is 18.1. The van der Waals surface area contributed by atoms with Gasteiger partial charge in [-0.25, -0.2) is 18.7 Å². The zero-order valence-electron chi connectivity index (χ0n) is 18.0. The van der Waals surface area contributed by atoms with E-state index in [0.717, 1.165) is 36.9 Å². The largest absolute Gasteiger partial charge is 0.326 e. The minimum Gasteiger partial charge on any atom is -0.326 e. The molecule has 4 aromatic rings. The van der Waals surface area contributed by atoms with E-state index in [-0.39, 0.29) is 23.7 Å². The second-order valence-corrected chi connectivity index (χ2v) is 8.39. The number of pyridine rings is 1. The van der Waals surface area contributed by atoms with E-state index in [4.69, 9.17) is 0 Å². The van der Waals surface area contributed by atoms with Crippen LogP contribution >= 0.6 is 0 Å². The molecule has 33 heavy (non-hydrogen) atoms. The molecule has 0 spiro atoms. The molecule has 0 bridgehead atoms. The first-order chi connectivity index (χ1) is 16.1. The second-order valence-electron chi connectivity index (χ2n) is 8.39. The molecule has 1 fully saturated rings. The molecule has 0 saturated heterocycles. The van der Waals surface area contributed by atoms with Gasteiger partial charge in [0.15, 0.2) is 5.78 Å². The molecule has 1 aliphatic rings. The van der Waals surface area contributed by atoms with Crippen LogP contribution < -0.4 is 0 Å². The van der Waals surface area contributed by atoms with Gasteiger partial charge in [0.1, 0.15) is 17.3 Å². The third kappa shape index (κ3) is 4.33. The van der Waals surface area contributed by atoms with Crippen molar-refractivity contribution in [2.75, 3.05) is 0 Å². The van der Waals surface area contributed by atoms with Crippen molar-refractivity contribution in [2.45, 2.75) is 38.1 Å². The molecular weight excluding hydrogens is 420 g/mol. The van der Waals surface area contributed by atoms with E-state index < -0.39 is 5.82 Å². The average Bonchev–Trinajstić information content (AvgIpc) is 3.51. The lowest BCUT2D eigenvalue weighted by atomic mass is 10.0. The Bertz CT molecular complexity index is 1290. The van der Waals surface area contributed by atoms with Crippen LogP contribution in [0.2, 0.25) is 0 Å². The summed E-state index contributed by atoms with van der Waals surface area (Å²) in [6.07, 6.45) is 6.18. The van der Waals surface area contributed by atoms with E-state index in [1.807, 2.05) is 12.4 Å². The number of aromatic nitrogens is 3. The number of benzene rings is 2. The van der Waals surface area contributed by atoms with Gasteiger partial charge in [-0.1, -0.05) is 37.1 Å². The summed E-state index contributed by atoms with van der Waals surface area (Å²) < 4.78 is 29.7. The van der Waals surface area contributed by atoms with Gasteiger partial charge in [0.05, 0.1) is 23.4 Å². The first kappa shape index (κ1) is 21.2. The Morgan fingerprint density at radius 2 is 1.70 bits per heavy atom. The lowest BCUT2D eigenvalue weighted by Crippen LogP contribution is -2.10. The van der Waals surface area contributed by atoms with E-state index >= 15 is 0 Å². The summed E-state index contributed by atoms with van der Waals surface area (Å²) in [5.74, 6) is -0.966. The van der Waals surface area contributed by atoms with Crippen molar-refractivity contribution >= 4 is 5.78 Å². The Hall–Kier alpha value is -3.67. The number of Topliss-reactive ketones (excluding diaryl/α,β-unsaturated/α-hetero) is 1. The zero-order chi connectivity index (χ0) is 22.8. The predicted molar refractivity (Wildman–Crippen MR) is 123 cm³/mol.